The highest BCUT2D eigenvalue weighted by Crippen LogP contribution is 2.36. The van der Waals surface area contributed by atoms with Crippen molar-refractivity contribution >= 4 is 12.0 Å². The number of carbonyl (C=O) groups is 1. The number of aliphatic imine (C=N–C) groups is 1. The summed E-state index contributed by atoms with van der Waals surface area (Å²) in [5, 5.41) is 0. The van der Waals surface area contributed by atoms with Crippen molar-refractivity contribution in [3.05, 3.63) is 41.1 Å². The molecule has 0 aromatic heterocycles. The number of allylic oxidation sites excluding steroid dienone is 1. The third kappa shape index (κ3) is 12.7. The number of carbonyl (C=O) groups excluding carboxylic acids is 1. The average molecular weight is 554 g/mol. The Kier molecular flexibility index (Phi) is 17.1. The number of hydrogen-bond acceptors (Lipinski definition) is 5. The van der Waals surface area contributed by atoms with Crippen LogP contribution in [-0.2, 0) is 11.2 Å². The van der Waals surface area contributed by atoms with E-state index >= 15 is 0 Å². The van der Waals surface area contributed by atoms with Crippen LogP contribution < -0.4 is 4.74 Å². The predicted octanol–water partition coefficient (Wildman–Crippen LogP) is 8.22. The number of fused-ring (bicyclic) bond motifs is 1. The number of aldehydes is 1. The largest absolute Gasteiger partial charge is 0.493 e. The molecule has 5 heteroatoms. The molecule has 2 aliphatic rings. The number of benzene rings is 1. The number of likely N-dealkylation sites (tertiary alicyclic amines) is 1. The Morgan fingerprint density at radius 2 is 1.82 bits per heavy atom. The highest BCUT2D eigenvalue weighted by Gasteiger charge is 2.33. The van der Waals surface area contributed by atoms with Crippen molar-refractivity contribution in [3.8, 4) is 5.75 Å². The Morgan fingerprint density at radius 3 is 2.52 bits per heavy atom. The summed E-state index contributed by atoms with van der Waals surface area (Å²) in [6.45, 7) is 15.8. The molecule has 1 saturated heterocycles. The van der Waals surface area contributed by atoms with Gasteiger partial charge < -0.3 is 14.4 Å². The van der Waals surface area contributed by atoms with Gasteiger partial charge in [-0.25, -0.2) is 0 Å². The monoisotopic (exact) mass is 553 g/mol. The van der Waals surface area contributed by atoms with Crippen LogP contribution in [0.4, 0.5) is 0 Å². The second-order valence-corrected chi connectivity index (χ2v) is 12.1. The maximum Gasteiger partial charge on any atom is 0.133 e. The van der Waals surface area contributed by atoms with Crippen molar-refractivity contribution in [1.82, 2.24) is 9.80 Å². The highest BCUT2D eigenvalue weighted by molar-refractivity contribution is 5.85. The minimum absolute atomic E-state index is 0.452. The molecule has 0 radical (unpaired) electrons. The van der Waals surface area contributed by atoms with E-state index in [0.717, 1.165) is 63.7 Å². The Hall–Kier alpha value is -1.98. The number of ether oxygens (including phenoxy) is 1. The van der Waals surface area contributed by atoms with Gasteiger partial charge in [-0.05, 0) is 95.6 Å². The first-order chi connectivity index (χ1) is 19.4. The summed E-state index contributed by atoms with van der Waals surface area (Å²) in [6.07, 6.45) is 17.7. The summed E-state index contributed by atoms with van der Waals surface area (Å²) in [5.74, 6) is 1.54. The molecule has 0 N–H and O–H groups in total. The molecule has 0 amide bonds. The van der Waals surface area contributed by atoms with Crippen LogP contribution in [0.3, 0.4) is 0 Å². The fraction of sp³-hybridized carbons (Fsp3) is 0.714. The molecule has 1 aromatic rings. The lowest BCUT2D eigenvalue weighted by atomic mass is 9.92. The third-order valence-electron chi connectivity index (χ3n) is 8.12. The number of nitrogens with zero attached hydrogens (tertiary/aromatic N) is 3. The zero-order valence-corrected chi connectivity index (χ0v) is 26.7. The van der Waals surface area contributed by atoms with Gasteiger partial charge in [0.2, 0.25) is 0 Å². The van der Waals surface area contributed by atoms with E-state index in [9.17, 15) is 4.79 Å². The van der Waals surface area contributed by atoms with Crippen molar-refractivity contribution in [2.24, 2.45) is 4.99 Å². The molecule has 2 atom stereocenters. The average Bonchev–Trinajstić information content (AvgIpc) is 3.58. The zero-order chi connectivity index (χ0) is 29.2. The van der Waals surface area contributed by atoms with Crippen LogP contribution in [0.5, 0.6) is 5.75 Å². The fourth-order valence-electron chi connectivity index (χ4n) is 5.75. The topological polar surface area (TPSA) is 45.1 Å². The molecule has 0 aliphatic carbocycles. The molecule has 1 fully saturated rings. The Morgan fingerprint density at radius 1 is 1.05 bits per heavy atom. The quantitative estimate of drug-likeness (QED) is 0.111. The minimum atomic E-state index is 0.452. The smallest absolute Gasteiger partial charge is 0.133 e. The highest BCUT2D eigenvalue weighted by atomic mass is 16.5. The molecule has 2 heterocycles. The van der Waals surface area contributed by atoms with Gasteiger partial charge in [-0.15, -0.1) is 0 Å². The summed E-state index contributed by atoms with van der Waals surface area (Å²) in [5.41, 5.74) is 5.25. The summed E-state index contributed by atoms with van der Waals surface area (Å²) >= 11 is 0. The van der Waals surface area contributed by atoms with E-state index in [2.05, 4.69) is 69.7 Å². The molecular formula is C35H59N3O2. The van der Waals surface area contributed by atoms with Gasteiger partial charge >= 0.3 is 0 Å². The van der Waals surface area contributed by atoms with E-state index in [0.29, 0.717) is 18.5 Å². The van der Waals surface area contributed by atoms with E-state index in [-0.39, 0.29) is 0 Å². The Bertz CT molecular complexity index is 906. The molecule has 0 saturated carbocycles. The molecule has 2 aliphatic heterocycles. The maximum absolute atomic E-state index is 11.2. The summed E-state index contributed by atoms with van der Waals surface area (Å²) in [7, 11) is 2.24. The molecule has 5 nitrogen and oxygen atoms in total. The Labute approximate surface area is 246 Å². The van der Waals surface area contributed by atoms with Gasteiger partial charge in [0.1, 0.15) is 12.0 Å². The van der Waals surface area contributed by atoms with Gasteiger partial charge in [-0.1, -0.05) is 70.6 Å². The molecule has 3 rings (SSSR count). The van der Waals surface area contributed by atoms with Crippen LogP contribution in [0.2, 0.25) is 0 Å². The SMILES string of the molecule is CCCC(CCC1CC(c2ccc3c(c2)CCO3)CN1CC=O)=NC=C(C)C.CCCCCCN(C)CCCC. The van der Waals surface area contributed by atoms with Gasteiger partial charge in [0.25, 0.3) is 0 Å². The minimum Gasteiger partial charge on any atom is -0.493 e. The van der Waals surface area contributed by atoms with Crippen molar-refractivity contribution in [3.63, 3.8) is 0 Å². The van der Waals surface area contributed by atoms with E-state index in [1.165, 1.54) is 74.0 Å². The van der Waals surface area contributed by atoms with Crippen LogP contribution in [0.1, 0.15) is 122 Å². The lowest BCUT2D eigenvalue weighted by Gasteiger charge is -2.22. The molecule has 40 heavy (non-hydrogen) atoms. The first-order valence-corrected chi connectivity index (χ1v) is 16.2. The summed E-state index contributed by atoms with van der Waals surface area (Å²) in [4.78, 5) is 20.8. The summed E-state index contributed by atoms with van der Waals surface area (Å²) in [6, 6.07) is 7.12. The van der Waals surface area contributed by atoms with E-state index < -0.39 is 0 Å². The normalized spacial score (nSPS) is 18.7. The fourth-order valence-corrected chi connectivity index (χ4v) is 5.75. The first kappa shape index (κ1) is 34.2. The molecule has 1 aromatic carbocycles. The second kappa shape index (κ2) is 20.0. The van der Waals surface area contributed by atoms with E-state index in [1.807, 2.05) is 6.20 Å². The second-order valence-electron chi connectivity index (χ2n) is 12.1. The molecular weight excluding hydrogens is 494 g/mol. The molecule has 2 unspecified atom stereocenters. The molecule has 0 spiro atoms. The lowest BCUT2D eigenvalue weighted by Crippen LogP contribution is -2.31. The van der Waals surface area contributed by atoms with Crippen molar-refractivity contribution < 1.29 is 9.53 Å². The lowest BCUT2D eigenvalue weighted by molar-refractivity contribution is -0.109. The van der Waals surface area contributed by atoms with Crippen LogP contribution in [0.15, 0.2) is 35.0 Å². The number of hydrogen-bond donors (Lipinski definition) is 0. The molecule has 0 bridgehead atoms. The number of unbranched alkanes of at least 4 members (excludes halogenated alkanes) is 4. The number of rotatable bonds is 17. The van der Waals surface area contributed by atoms with Gasteiger partial charge in [0.15, 0.2) is 0 Å². The standard InChI is InChI=1S/C24H34N2O2.C11H25N/c1-4-5-22(25-16-18(2)3)7-8-23-15-21(17-26(23)11-12-27)19-6-9-24-20(14-19)10-13-28-24;1-4-6-8-9-11-12(3)10-7-5-2/h6,9,12,14,16,21,23H,4-5,7-8,10-11,13,15,17H2,1-3H3;4-11H2,1-3H3. The van der Waals surface area contributed by atoms with Crippen LogP contribution in [-0.4, -0.2) is 67.7 Å². The van der Waals surface area contributed by atoms with Crippen LogP contribution >= 0.6 is 0 Å². The summed E-state index contributed by atoms with van der Waals surface area (Å²) < 4.78 is 5.65. The maximum atomic E-state index is 11.2. The van der Waals surface area contributed by atoms with Gasteiger partial charge in [0.05, 0.1) is 13.2 Å². The van der Waals surface area contributed by atoms with Crippen LogP contribution in [0.25, 0.3) is 0 Å². The zero-order valence-electron chi connectivity index (χ0n) is 26.7. The first-order valence-electron chi connectivity index (χ1n) is 16.2. The Balaban J connectivity index is 0.000000395. The van der Waals surface area contributed by atoms with Gasteiger partial charge in [-0.2, -0.15) is 0 Å². The van der Waals surface area contributed by atoms with Crippen molar-refractivity contribution in [2.75, 3.05) is 39.8 Å². The van der Waals surface area contributed by atoms with Crippen molar-refractivity contribution in [1.29, 1.82) is 0 Å². The molecule has 226 valence electrons. The van der Waals surface area contributed by atoms with E-state index in [4.69, 9.17) is 9.73 Å². The van der Waals surface area contributed by atoms with Gasteiger partial charge in [0, 0.05) is 30.9 Å². The van der Waals surface area contributed by atoms with Crippen LogP contribution in [0, 0.1) is 0 Å². The van der Waals surface area contributed by atoms with Gasteiger partial charge in [-0.3, -0.25) is 9.89 Å². The third-order valence-corrected chi connectivity index (χ3v) is 8.12. The van der Waals surface area contributed by atoms with E-state index in [1.54, 1.807) is 0 Å². The van der Waals surface area contributed by atoms with Crippen molar-refractivity contribution in [2.45, 2.75) is 124 Å². The predicted molar refractivity (Wildman–Crippen MR) is 172 cm³/mol.